The van der Waals surface area contributed by atoms with Crippen molar-refractivity contribution in [2.75, 3.05) is 19.6 Å². The van der Waals surface area contributed by atoms with E-state index in [1.54, 1.807) is 0 Å². The summed E-state index contributed by atoms with van der Waals surface area (Å²) in [4.78, 5) is 24.8. The summed E-state index contributed by atoms with van der Waals surface area (Å²) >= 11 is 0. The molecule has 1 fully saturated rings. The van der Waals surface area contributed by atoms with E-state index in [9.17, 15) is 9.59 Å². The molecule has 0 bridgehead atoms. The number of nitrogens with two attached hydrogens (primary N) is 1. The molecule has 0 unspecified atom stereocenters. The smallest absolute Gasteiger partial charge is 0.407 e. The van der Waals surface area contributed by atoms with E-state index in [-0.39, 0.29) is 11.9 Å². The standard InChI is InChI=1S/C14H27N3O3/c1-14(2,3)20-13(19)16-10-11-6-4-5-8-17(11)9-7-12(15)18/h11H,4-10H2,1-3H3,(H2,15,18)(H,16,19)/t11-/m0/s1. The summed E-state index contributed by atoms with van der Waals surface area (Å²) in [6.45, 7) is 7.68. The molecule has 1 rings (SSSR count). The Hall–Kier alpha value is -1.30. The molecule has 0 aromatic carbocycles. The number of likely N-dealkylation sites (tertiary alicyclic amines) is 1. The molecule has 0 aromatic heterocycles. The fourth-order valence-corrected chi connectivity index (χ4v) is 2.35. The van der Waals surface area contributed by atoms with Gasteiger partial charge in [-0.1, -0.05) is 6.42 Å². The maximum atomic E-state index is 11.6. The Labute approximate surface area is 121 Å². The average Bonchev–Trinajstić information content (AvgIpc) is 2.32. The second kappa shape index (κ2) is 7.47. The molecule has 1 heterocycles. The monoisotopic (exact) mass is 285 g/mol. The molecular weight excluding hydrogens is 258 g/mol. The van der Waals surface area contributed by atoms with E-state index < -0.39 is 11.7 Å². The lowest BCUT2D eigenvalue weighted by Crippen LogP contribution is -2.48. The molecule has 1 saturated heterocycles. The van der Waals surface area contributed by atoms with Gasteiger partial charge in [-0.15, -0.1) is 0 Å². The molecule has 3 N–H and O–H groups in total. The first-order valence-corrected chi connectivity index (χ1v) is 7.27. The van der Waals surface area contributed by atoms with Crippen molar-refractivity contribution < 1.29 is 14.3 Å². The summed E-state index contributed by atoms with van der Waals surface area (Å²) < 4.78 is 5.22. The van der Waals surface area contributed by atoms with Gasteiger partial charge in [-0.25, -0.2) is 4.79 Å². The van der Waals surface area contributed by atoms with Crippen molar-refractivity contribution >= 4 is 12.0 Å². The van der Waals surface area contributed by atoms with E-state index in [2.05, 4.69) is 10.2 Å². The van der Waals surface area contributed by atoms with Crippen LogP contribution in [0.2, 0.25) is 0 Å². The van der Waals surface area contributed by atoms with Gasteiger partial charge in [0.05, 0.1) is 0 Å². The summed E-state index contributed by atoms with van der Waals surface area (Å²) in [5, 5.41) is 2.81. The first-order chi connectivity index (χ1) is 9.28. The van der Waals surface area contributed by atoms with Crippen molar-refractivity contribution in [3.63, 3.8) is 0 Å². The highest BCUT2D eigenvalue weighted by atomic mass is 16.6. The Morgan fingerprint density at radius 1 is 1.35 bits per heavy atom. The average molecular weight is 285 g/mol. The molecule has 0 aliphatic carbocycles. The topological polar surface area (TPSA) is 84.7 Å². The lowest BCUT2D eigenvalue weighted by atomic mass is 10.0. The van der Waals surface area contributed by atoms with Crippen LogP contribution in [0.15, 0.2) is 0 Å². The summed E-state index contributed by atoms with van der Waals surface area (Å²) in [7, 11) is 0. The van der Waals surface area contributed by atoms with Crippen LogP contribution in [-0.4, -0.2) is 48.2 Å². The van der Waals surface area contributed by atoms with Gasteiger partial charge in [0.1, 0.15) is 5.60 Å². The number of nitrogens with one attached hydrogen (secondary N) is 1. The van der Waals surface area contributed by atoms with Crippen LogP contribution in [-0.2, 0) is 9.53 Å². The zero-order chi connectivity index (χ0) is 15.2. The molecule has 2 amide bonds. The Balaban J connectivity index is 2.38. The lowest BCUT2D eigenvalue weighted by Gasteiger charge is -2.35. The number of primary amides is 1. The fourth-order valence-electron chi connectivity index (χ4n) is 2.35. The highest BCUT2D eigenvalue weighted by molar-refractivity contribution is 5.73. The second-order valence-corrected chi connectivity index (χ2v) is 6.28. The number of rotatable bonds is 5. The van der Waals surface area contributed by atoms with Crippen LogP contribution in [0.5, 0.6) is 0 Å². The normalized spacial score (nSPS) is 20.4. The van der Waals surface area contributed by atoms with Gasteiger partial charge in [0.2, 0.25) is 5.91 Å². The maximum absolute atomic E-state index is 11.6. The summed E-state index contributed by atoms with van der Waals surface area (Å²) in [6, 6.07) is 0.260. The number of carbonyl (C=O) groups excluding carboxylic acids is 2. The van der Waals surface area contributed by atoms with Crippen LogP contribution in [0.3, 0.4) is 0 Å². The molecule has 1 atom stereocenters. The summed E-state index contributed by atoms with van der Waals surface area (Å²) in [5.41, 5.74) is 4.71. The SMILES string of the molecule is CC(C)(C)OC(=O)NC[C@@H]1CCCCN1CCC(N)=O. The number of hydrogen-bond acceptors (Lipinski definition) is 4. The number of ether oxygens (including phenoxy) is 1. The largest absolute Gasteiger partial charge is 0.444 e. The van der Waals surface area contributed by atoms with E-state index in [1.807, 2.05) is 20.8 Å². The van der Waals surface area contributed by atoms with Crippen molar-refractivity contribution in [2.24, 2.45) is 5.73 Å². The van der Waals surface area contributed by atoms with Crippen LogP contribution in [0, 0.1) is 0 Å². The fraction of sp³-hybridized carbons (Fsp3) is 0.857. The summed E-state index contributed by atoms with van der Waals surface area (Å²) in [6.07, 6.45) is 3.27. The molecule has 6 nitrogen and oxygen atoms in total. The molecular formula is C14H27N3O3. The third-order valence-electron chi connectivity index (χ3n) is 3.28. The van der Waals surface area contributed by atoms with Crippen LogP contribution in [0.4, 0.5) is 4.79 Å². The molecule has 0 spiro atoms. The van der Waals surface area contributed by atoms with Gasteiger partial charge in [-0.2, -0.15) is 0 Å². The highest BCUT2D eigenvalue weighted by Gasteiger charge is 2.24. The molecule has 0 radical (unpaired) electrons. The predicted octanol–water partition coefficient (Wildman–Crippen LogP) is 1.24. The molecule has 0 aromatic rings. The minimum Gasteiger partial charge on any atom is -0.444 e. The Kier molecular flexibility index (Phi) is 6.26. The van der Waals surface area contributed by atoms with Gasteiger partial charge in [0.15, 0.2) is 0 Å². The van der Waals surface area contributed by atoms with E-state index in [4.69, 9.17) is 10.5 Å². The van der Waals surface area contributed by atoms with Crippen molar-refractivity contribution in [2.45, 2.75) is 58.1 Å². The first kappa shape index (κ1) is 16.8. The van der Waals surface area contributed by atoms with Gasteiger partial charge in [0.25, 0.3) is 0 Å². The van der Waals surface area contributed by atoms with Gasteiger partial charge in [-0.05, 0) is 40.2 Å². The molecule has 0 saturated carbocycles. The predicted molar refractivity (Wildman–Crippen MR) is 77.3 cm³/mol. The van der Waals surface area contributed by atoms with Crippen molar-refractivity contribution in [3.05, 3.63) is 0 Å². The van der Waals surface area contributed by atoms with Crippen molar-refractivity contribution in [1.29, 1.82) is 0 Å². The molecule has 20 heavy (non-hydrogen) atoms. The molecule has 116 valence electrons. The number of alkyl carbamates (subject to hydrolysis) is 1. The zero-order valence-electron chi connectivity index (χ0n) is 12.8. The number of carbonyl (C=O) groups is 2. The molecule has 1 aliphatic heterocycles. The molecule has 1 aliphatic rings. The van der Waals surface area contributed by atoms with E-state index in [0.29, 0.717) is 19.5 Å². The Morgan fingerprint density at radius 3 is 2.65 bits per heavy atom. The van der Waals surface area contributed by atoms with Crippen LogP contribution >= 0.6 is 0 Å². The second-order valence-electron chi connectivity index (χ2n) is 6.28. The number of amides is 2. The zero-order valence-corrected chi connectivity index (χ0v) is 12.8. The first-order valence-electron chi connectivity index (χ1n) is 7.27. The lowest BCUT2D eigenvalue weighted by molar-refractivity contribution is -0.118. The maximum Gasteiger partial charge on any atom is 0.407 e. The third kappa shape index (κ3) is 6.75. The highest BCUT2D eigenvalue weighted by Crippen LogP contribution is 2.16. The van der Waals surface area contributed by atoms with Gasteiger partial charge < -0.3 is 15.8 Å². The van der Waals surface area contributed by atoms with Crippen LogP contribution in [0.1, 0.15) is 46.5 Å². The van der Waals surface area contributed by atoms with E-state index in [1.165, 1.54) is 0 Å². The van der Waals surface area contributed by atoms with Crippen molar-refractivity contribution in [3.8, 4) is 0 Å². The van der Waals surface area contributed by atoms with Crippen molar-refractivity contribution in [1.82, 2.24) is 10.2 Å². The van der Waals surface area contributed by atoms with Crippen LogP contribution in [0.25, 0.3) is 0 Å². The van der Waals surface area contributed by atoms with Gasteiger partial charge in [-0.3, -0.25) is 9.69 Å². The van der Waals surface area contributed by atoms with E-state index >= 15 is 0 Å². The summed E-state index contributed by atoms with van der Waals surface area (Å²) in [5.74, 6) is -0.283. The van der Waals surface area contributed by atoms with Gasteiger partial charge >= 0.3 is 6.09 Å². The number of nitrogens with zero attached hydrogens (tertiary/aromatic N) is 1. The molecule has 6 heteroatoms. The quantitative estimate of drug-likeness (QED) is 0.796. The third-order valence-corrected chi connectivity index (χ3v) is 3.28. The van der Waals surface area contributed by atoms with Gasteiger partial charge in [0, 0.05) is 25.6 Å². The minimum absolute atomic E-state index is 0.260. The Morgan fingerprint density at radius 2 is 2.05 bits per heavy atom. The van der Waals surface area contributed by atoms with E-state index in [0.717, 1.165) is 25.8 Å². The Bertz CT molecular complexity index is 339. The number of hydrogen-bond donors (Lipinski definition) is 2. The van der Waals surface area contributed by atoms with Crippen LogP contribution < -0.4 is 11.1 Å². The number of piperidine rings is 1. The minimum atomic E-state index is -0.484.